The Morgan fingerprint density at radius 2 is 1.80 bits per heavy atom. The maximum atomic E-state index is 12.4. The van der Waals surface area contributed by atoms with Gasteiger partial charge in [-0.3, -0.25) is 4.79 Å². The van der Waals surface area contributed by atoms with E-state index in [2.05, 4.69) is 11.9 Å². The summed E-state index contributed by atoms with van der Waals surface area (Å²) in [6.45, 7) is 8.08. The van der Waals surface area contributed by atoms with Gasteiger partial charge in [-0.15, -0.1) is 0 Å². The van der Waals surface area contributed by atoms with E-state index in [1.165, 1.54) is 0 Å². The lowest BCUT2D eigenvalue weighted by atomic mass is 10.1. The van der Waals surface area contributed by atoms with Crippen LogP contribution < -0.4 is 10.1 Å². The van der Waals surface area contributed by atoms with Crippen molar-refractivity contribution in [3.63, 3.8) is 0 Å². The van der Waals surface area contributed by atoms with Crippen molar-refractivity contribution in [1.82, 2.24) is 0 Å². The number of carbonyl (C=O) groups is 2. The quantitative estimate of drug-likeness (QED) is 0.610. The third-order valence-corrected chi connectivity index (χ3v) is 3.21. The fraction of sp³-hybridized carbons (Fsp3) is 0.200. The molecule has 0 unspecified atom stereocenters. The summed E-state index contributed by atoms with van der Waals surface area (Å²) < 4.78 is 10.5. The first-order valence-corrected chi connectivity index (χ1v) is 7.95. The van der Waals surface area contributed by atoms with E-state index in [1.807, 2.05) is 6.92 Å². The lowest BCUT2D eigenvalue weighted by Gasteiger charge is -2.09. The molecule has 0 saturated carbocycles. The molecular weight excluding hydrogens is 318 g/mol. The van der Waals surface area contributed by atoms with E-state index >= 15 is 0 Å². The van der Waals surface area contributed by atoms with Gasteiger partial charge in [-0.05, 0) is 55.8 Å². The maximum Gasteiger partial charge on any atom is 0.338 e. The summed E-state index contributed by atoms with van der Waals surface area (Å²) in [6, 6.07) is 13.5. The largest absolute Gasteiger partial charge is 0.489 e. The highest BCUT2D eigenvalue weighted by Gasteiger charge is 2.10. The van der Waals surface area contributed by atoms with Crippen molar-refractivity contribution in [1.29, 1.82) is 0 Å². The Hall–Kier alpha value is -3.08. The molecule has 1 N–H and O–H groups in total. The van der Waals surface area contributed by atoms with Crippen molar-refractivity contribution in [2.75, 3.05) is 18.5 Å². The van der Waals surface area contributed by atoms with Crippen LogP contribution in [0.2, 0.25) is 0 Å². The van der Waals surface area contributed by atoms with Crippen LogP contribution in [0.15, 0.2) is 60.7 Å². The van der Waals surface area contributed by atoms with E-state index in [0.29, 0.717) is 35.8 Å². The summed E-state index contributed by atoms with van der Waals surface area (Å²) in [4.78, 5) is 24.2. The molecule has 0 heterocycles. The van der Waals surface area contributed by atoms with E-state index in [1.54, 1.807) is 55.5 Å². The van der Waals surface area contributed by atoms with Crippen molar-refractivity contribution < 1.29 is 19.1 Å². The second-order valence-electron chi connectivity index (χ2n) is 5.53. The van der Waals surface area contributed by atoms with Gasteiger partial charge in [-0.25, -0.2) is 4.79 Å². The highest BCUT2D eigenvalue weighted by molar-refractivity contribution is 6.05. The molecule has 1 amide bonds. The fourth-order valence-corrected chi connectivity index (χ4v) is 2.08. The standard InChI is InChI=1S/C20H21NO4/c1-4-24-20(23)16-8-5-9-17(11-16)21-19(22)15-7-6-10-18(12-15)25-13-14(2)3/h5-12H,2,4,13H2,1,3H3,(H,21,22). The van der Waals surface area contributed by atoms with Crippen LogP contribution in [0.3, 0.4) is 0 Å². The molecule has 0 saturated heterocycles. The Morgan fingerprint density at radius 1 is 1.08 bits per heavy atom. The minimum atomic E-state index is -0.422. The average Bonchev–Trinajstić information content (AvgIpc) is 2.60. The summed E-state index contributed by atoms with van der Waals surface area (Å²) in [5, 5.41) is 2.77. The monoisotopic (exact) mass is 339 g/mol. The smallest absolute Gasteiger partial charge is 0.338 e. The topological polar surface area (TPSA) is 64.6 Å². The molecule has 2 aromatic rings. The Bertz CT molecular complexity index is 783. The molecule has 0 fully saturated rings. The van der Waals surface area contributed by atoms with Crippen LogP contribution in [0.4, 0.5) is 5.69 Å². The summed E-state index contributed by atoms with van der Waals surface area (Å²) >= 11 is 0. The molecule has 0 spiro atoms. The van der Waals surface area contributed by atoms with Crippen LogP contribution in [-0.4, -0.2) is 25.1 Å². The van der Waals surface area contributed by atoms with E-state index in [9.17, 15) is 9.59 Å². The van der Waals surface area contributed by atoms with Gasteiger partial charge < -0.3 is 14.8 Å². The van der Waals surface area contributed by atoms with Crippen LogP contribution >= 0.6 is 0 Å². The number of rotatable bonds is 7. The van der Waals surface area contributed by atoms with Gasteiger partial charge in [0.2, 0.25) is 0 Å². The third kappa shape index (κ3) is 5.49. The summed E-state index contributed by atoms with van der Waals surface area (Å²) in [6.07, 6.45) is 0. The van der Waals surface area contributed by atoms with Crippen molar-refractivity contribution in [2.24, 2.45) is 0 Å². The molecule has 0 aliphatic heterocycles. The summed E-state index contributed by atoms with van der Waals surface area (Å²) in [7, 11) is 0. The molecular formula is C20H21NO4. The maximum absolute atomic E-state index is 12.4. The summed E-state index contributed by atoms with van der Waals surface area (Å²) in [5.74, 6) is -0.119. The molecule has 0 aliphatic rings. The van der Waals surface area contributed by atoms with Gasteiger partial charge in [0, 0.05) is 11.3 Å². The van der Waals surface area contributed by atoms with Crippen LogP contribution in [0, 0.1) is 0 Å². The molecule has 0 atom stereocenters. The SMILES string of the molecule is C=C(C)COc1cccc(C(=O)Nc2cccc(C(=O)OCC)c2)c1. The molecule has 2 rings (SSSR count). The van der Waals surface area contributed by atoms with Gasteiger partial charge in [-0.1, -0.05) is 18.7 Å². The number of hydrogen-bond donors (Lipinski definition) is 1. The predicted molar refractivity (Wildman–Crippen MR) is 97.1 cm³/mol. The number of hydrogen-bond acceptors (Lipinski definition) is 4. The van der Waals surface area contributed by atoms with Crippen LogP contribution in [-0.2, 0) is 4.74 Å². The van der Waals surface area contributed by atoms with Crippen molar-refractivity contribution in [3.05, 3.63) is 71.8 Å². The number of benzene rings is 2. The first-order chi connectivity index (χ1) is 12.0. The second kappa shape index (κ2) is 8.68. The minimum absolute atomic E-state index is 0.290. The average molecular weight is 339 g/mol. The molecule has 0 aromatic heterocycles. The number of anilines is 1. The zero-order valence-electron chi connectivity index (χ0n) is 14.4. The Balaban J connectivity index is 2.09. The first kappa shape index (κ1) is 18.3. The van der Waals surface area contributed by atoms with Crippen LogP contribution in [0.25, 0.3) is 0 Å². The van der Waals surface area contributed by atoms with E-state index in [-0.39, 0.29) is 5.91 Å². The van der Waals surface area contributed by atoms with Gasteiger partial charge in [0.25, 0.3) is 5.91 Å². The first-order valence-electron chi connectivity index (χ1n) is 7.95. The fourth-order valence-electron chi connectivity index (χ4n) is 2.08. The normalized spacial score (nSPS) is 10.0. The highest BCUT2D eigenvalue weighted by atomic mass is 16.5. The Morgan fingerprint density at radius 3 is 2.52 bits per heavy atom. The third-order valence-electron chi connectivity index (χ3n) is 3.21. The molecule has 25 heavy (non-hydrogen) atoms. The molecule has 0 aliphatic carbocycles. The van der Waals surface area contributed by atoms with E-state index in [0.717, 1.165) is 5.57 Å². The molecule has 0 bridgehead atoms. The lowest BCUT2D eigenvalue weighted by molar-refractivity contribution is 0.0526. The molecule has 0 radical (unpaired) electrons. The predicted octanol–water partition coefficient (Wildman–Crippen LogP) is 4.07. The van der Waals surface area contributed by atoms with Gasteiger partial charge in [0.1, 0.15) is 12.4 Å². The van der Waals surface area contributed by atoms with Crippen molar-refractivity contribution in [2.45, 2.75) is 13.8 Å². The number of amides is 1. The van der Waals surface area contributed by atoms with Crippen molar-refractivity contribution in [3.8, 4) is 5.75 Å². The van der Waals surface area contributed by atoms with Crippen LogP contribution in [0.1, 0.15) is 34.6 Å². The van der Waals surface area contributed by atoms with Crippen molar-refractivity contribution >= 4 is 17.6 Å². The molecule has 130 valence electrons. The molecule has 5 nitrogen and oxygen atoms in total. The number of esters is 1. The zero-order chi connectivity index (χ0) is 18.2. The lowest BCUT2D eigenvalue weighted by Crippen LogP contribution is -2.13. The Labute approximate surface area is 147 Å². The van der Waals surface area contributed by atoms with Crippen LogP contribution in [0.5, 0.6) is 5.75 Å². The molecule has 5 heteroatoms. The number of nitrogens with one attached hydrogen (secondary N) is 1. The van der Waals surface area contributed by atoms with Gasteiger partial charge in [0.05, 0.1) is 12.2 Å². The van der Waals surface area contributed by atoms with Gasteiger partial charge >= 0.3 is 5.97 Å². The van der Waals surface area contributed by atoms with Gasteiger partial charge in [-0.2, -0.15) is 0 Å². The Kier molecular flexibility index (Phi) is 6.34. The number of carbonyl (C=O) groups excluding carboxylic acids is 2. The number of ether oxygens (including phenoxy) is 2. The molecule has 2 aromatic carbocycles. The van der Waals surface area contributed by atoms with E-state index < -0.39 is 5.97 Å². The second-order valence-corrected chi connectivity index (χ2v) is 5.53. The van der Waals surface area contributed by atoms with Gasteiger partial charge in [0.15, 0.2) is 0 Å². The zero-order valence-corrected chi connectivity index (χ0v) is 14.4. The minimum Gasteiger partial charge on any atom is -0.489 e. The summed E-state index contributed by atoms with van der Waals surface area (Å²) in [5.41, 5.74) is 2.26. The van der Waals surface area contributed by atoms with E-state index in [4.69, 9.17) is 9.47 Å². The highest BCUT2D eigenvalue weighted by Crippen LogP contribution is 2.17.